The summed E-state index contributed by atoms with van der Waals surface area (Å²) in [7, 11) is -7.54. The van der Waals surface area contributed by atoms with E-state index in [1.54, 1.807) is 41.5 Å². The number of carbonyl (C=O) groups excluding carboxylic acids is 3. The number of esters is 2. The summed E-state index contributed by atoms with van der Waals surface area (Å²) >= 11 is 0. The molecular weight excluding hydrogens is 599 g/mol. The van der Waals surface area contributed by atoms with E-state index in [1.165, 1.54) is 11.0 Å². The number of benzene rings is 1. The second-order valence-electron chi connectivity index (χ2n) is 11.4. The smallest absolute Gasteiger partial charge is 0.329 e. The zero-order valence-electron chi connectivity index (χ0n) is 25.2. The molecule has 0 fully saturated rings. The standard InChI is InChI=1S/C26H41FN2O11S2/c1-25(2,3)39-22(30)12-11-21(24(32)40-26(4,5)6)28-23(31)19-10-9-18(17-20(19)27)29(13-15-37-41(7,33)34)14-16-38-42(8,35)36/h9-10,17,21H,11-16H2,1-8H3,(H,28,31)/t21-/m0/s1. The summed E-state index contributed by atoms with van der Waals surface area (Å²) < 4.78 is 80.5. The summed E-state index contributed by atoms with van der Waals surface area (Å²) in [5.74, 6) is -3.36. The maximum atomic E-state index is 15.2. The molecule has 0 aromatic heterocycles. The maximum absolute atomic E-state index is 15.2. The van der Waals surface area contributed by atoms with Crippen LogP contribution in [0.4, 0.5) is 10.1 Å². The fourth-order valence-corrected chi connectivity index (χ4v) is 4.12. The molecule has 1 aromatic rings. The second-order valence-corrected chi connectivity index (χ2v) is 14.7. The normalized spacial score (nSPS) is 13.3. The summed E-state index contributed by atoms with van der Waals surface area (Å²) in [4.78, 5) is 39.4. The van der Waals surface area contributed by atoms with E-state index in [1.807, 2.05) is 0 Å². The molecule has 0 saturated carbocycles. The van der Waals surface area contributed by atoms with Gasteiger partial charge in [-0.15, -0.1) is 0 Å². The molecule has 1 rings (SSSR count). The summed E-state index contributed by atoms with van der Waals surface area (Å²) in [6, 6.07) is 2.18. The number of nitrogens with zero attached hydrogens (tertiary/aromatic N) is 1. The largest absolute Gasteiger partial charge is 0.460 e. The van der Waals surface area contributed by atoms with Gasteiger partial charge in [-0.2, -0.15) is 16.8 Å². The predicted octanol–water partition coefficient (Wildman–Crippen LogP) is 2.15. The first kappa shape index (κ1) is 37.2. The molecule has 0 saturated heterocycles. The molecule has 0 heterocycles. The molecule has 0 bridgehead atoms. The third kappa shape index (κ3) is 16.0. The first-order valence-electron chi connectivity index (χ1n) is 12.9. The summed E-state index contributed by atoms with van der Waals surface area (Å²) in [5.41, 5.74) is -1.91. The number of anilines is 1. The minimum atomic E-state index is -3.77. The van der Waals surface area contributed by atoms with Crippen molar-refractivity contribution in [1.82, 2.24) is 5.32 Å². The number of hydrogen-bond donors (Lipinski definition) is 1. The third-order valence-electron chi connectivity index (χ3n) is 4.93. The van der Waals surface area contributed by atoms with Crippen molar-refractivity contribution in [2.75, 3.05) is 43.7 Å². The van der Waals surface area contributed by atoms with Crippen molar-refractivity contribution in [3.05, 3.63) is 29.6 Å². The third-order valence-corrected chi connectivity index (χ3v) is 6.12. The Morgan fingerprint density at radius 2 is 1.38 bits per heavy atom. The lowest BCUT2D eigenvalue weighted by Crippen LogP contribution is -2.44. The molecule has 1 aromatic carbocycles. The van der Waals surface area contributed by atoms with Crippen molar-refractivity contribution in [2.45, 2.75) is 71.6 Å². The van der Waals surface area contributed by atoms with E-state index in [0.29, 0.717) is 0 Å². The fourth-order valence-electron chi connectivity index (χ4n) is 3.37. The van der Waals surface area contributed by atoms with Gasteiger partial charge in [0.2, 0.25) is 0 Å². The van der Waals surface area contributed by atoms with Crippen LogP contribution in [0.2, 0.25) is 0 Å². The van der Waals surface area contributed by atoms with E-state index in [-0.39, 0.29) is 44.8 Å². The molecule has 0 aliphatic heterocycles. The Morgan fingerprint density at radius 3 is 1.81 bits per heavy atom. The lowest BCUT2D eigenvalue weighted by atomic mass is 10.1. The molecule has 13 nitrogen and oxygen atoms in total. The van der Waals surface area contributed by atoms with Crippen molar-refractivity contribution in [1.29, 1.82) is 0 Å². The minimum Gasteiger partial charge on any atom is -0.460 e. The Balaban J connectivity index is 3.15. The van der Waals surface area contributed by atoms with Crippen molar-refractivity contribution in [2.24, 2.45) is 0 Å². The van der Waals surface area contributed by atoms with Crippen LogP contribution in [0, 0.1) is 5.82 Å². The van der Waals surface area contributed by atoms with Gasteiger partial charge in [-0.25, -0.2) is 9.18 Å². The van der Waals surface area contributed by atoms with Crippen LogP contribution in [0.1, 0.15) is 64.7 Å². The van der Waals surface area contributed by atoms with Crippen LogP contribution in [0.3, 0.4) is 0 Å². The second kappa shape index (κ2) is 15.1. The Morgan fingerprint density at radius 1 is 0.881 bits per heavy atom. The Hall–Kier alpha value is -2.82. The van der Waals surface area contributed by atoms with Crippen LogP contribution in [0.25, 0.3) is 0 Å². The van der Waals surface area contributed by atoms with Crippen LogP contribution in [-0.4, -0.2) is 90.7 Å². The zero-order chi connectivity index (χ0) is 32.5. The number of rotatable bonds is 15. The van der Waals surface area contributed by atoms with Crippen molar-refractivity contribution in [3.63, 3.8) is 0 Å². The van der Waals surface area contributed by atoms with Gasteiger partial charge in [0.25, 0.3) is 26.1 Å². The average molecular weight is 641 g/mol. The lowest BCUT2D eigenvalue weighted by molar-refractivity contribution is -0.158. The Labute approximate surface area is 247 Å². The van der Waals surface area contributed by atoms with Gasteiger partial charge in [0.15, 0.2) is 0 Å². The highest BCUT2D eigenvalue weighted by atomic mass is 32.2. The van der Waals surface area contributed by atoms with Crippen molar-refractivity contribution >= 4 is 43.8 Å². The quantitative estimate of drug-likeness (QED) is 0.219. The van der Waals surface area contributed by atoms with Crippen LogP contribution in [0.5, 0.6) is 0 Å². The van der Waals surface area contributed by atoms with E-state index < -0.39 is 66.7 Å². The van der Waals surface area contributed by atoms with Crippen molar-refractivity contribution in [3.8, 4) is 0 Å². The first-order valence-corrected chi connectivity index (χ1v) is 16.6. The Kier molecular flexibility index (Phi) is 13.3. The SMILES string of the molecule is CC(C)(C)OC(=O)CC[C@H](NC(=O)c1ccc(N(CCOS(C)(=O)=O)CCOS(C)(=O)=O)cc1F)C(=O)OC(C)(C)C. The van der Waals surface area contributed by atoms with E-state index in [9.17, 15) is 31.2 Å². The number of amides is 1. The first-order chi connectivity index (χ1) is 19.0. The van der Waals surface area contributed by atoms with Crippen LogP contribution in [0.15, 0.2) is 18.2 Å². The molecule has 0 aliphatic rings. The van der Waals surface area contributed by atoms with E-state index in [0.717, 1.165) is 24.6 Å². The van der Waals surface area contributed by atoms with Crippen LogP contribution in [-0.2, 0) is 47.7 Å². The van der Waals surface area contributed by atoms with Crippen LogP contribution >= 0.6 is 0 Å². The number of hydrogen-bond acceptors (Lipinski definition) is 12. The molecule has 240 valence electrons. The predicted molar refractivity (Wildman–Crippen MR) is 152 cm³/mol. The maximum Gasteiger partial charge on any atom is 0.329 e. The van der Waals surface area contributed by atoms with Gasteiger partial charge in [0.1, 0.15) is 23.1 Å². The highest BCUT2D eigenvalue weighted by molar-refractivity contribution is 7.86. The fraction of sp³-hybridized carbons (Fsp3) is 0.654. The minimum absolute atomic E-state index is 0.0867. The van der Waals surface area contributed by atoms with E-state index in [2.05, 4.69) is 5.32 Å². The van der Waals surface area contributed by atoms with Gasteiger partial charge in [0.05, 0.1) is 31.3 Å². The molecule has 1 atom stereocenters. The number of nitrogens with one attached hydrogen (secondary N) is 1. The summed E-state index contributed by atoms with van der Waals surface area (Å²) in [6.07, 6.45) is 1.33. The summed E-state index contributed by atoms with van der Waals surface area (Å²) in [6.45, 7) is 9.12. The van der Waals surface area contributed by atoms with E-state index in [4.69, 9.17) is 17.8 Å². The molecule has 1 amide bonds. The highest BCUT2D eigenvalue weighted by Gasteiger charge is 2.29. The monoisotopic (exact) mass is 640 g/mol. The van der Waals surface area contributed by atoms with Gasteiger partial charge < -0.3 is 19.7 Å². The van der Waals surface area contributed by atoms with Crippen LogP contribution < -0.4 is 10.2 Å². The molecule has 0 spiro atoms. The van der Waals surface area contributed by atoms with Crippen molar-refractivity contribution < 1.29 is 53.4 Å². The number of ether oxygens (including phenoxy) is 2. The Bertz CT molecular complexity index is 1280. The average Bonchev–Trinajstić information content (AvgIpc) is 2.76. The van der Waals surface area contributed by atoms with Gasteiger partial charge in [0, 0.05) is 25.2 Å². The molecule has 16 heteroatoms. The number of carbonyl (C=O) groups is 3. The van der Waals surface area contributed by atoms with Gasteiger partial charge >= 0.3 is 11.9 Å². The molecular formula is C26H41FN2O11S2. The molecule has 0 radical (unpaired) electrons. The van der Waals surface area contributed by atoms with Gasteiger partial charge in [-0.3, -0.25) is 18.0 Å². The molecule has 0 unspecified atom stereocenters. The topological polar surface area (TPSA) is 172 Å². The molecule has 0 aliphatic carbocycles. The lowest BCUT2D eigenvalue weighted by Gasteiger charge is -2.26. The van der Waals surface area contributed by atoms with E-state index >= 15 is 4.39 Å². The number of halogens is 1. The summed E-state index contributed by atoms with van der Waals surface area (Å²) in [5, 5.41) is 2.42. The molecule has 42 heavy (non-hydrogen) atoms. The molecule has 1 N–H and O–H groups in total. The highest BCUT2D eigenvalue weighted by Crippen LogP contribution is 2.20. The zero-order valence-corrected chi connectivity index (χ0v) is 26.8. The van der Waals surface area contributed by atoms with Gasteiger partial charge in [-0.1, -0.05) is 0 Å². The van der Waals surface area contributed by atoms with Gasteiger partial charge in [-0.05, 0) is 66.2 Å².